The molecular formula is C15H21NO2. The van der Waals surface area contributed by atoms with E-state index in [1.54, 1.807) is 0 Å². The Balaban J connectivity index is 1.61. The lowest BCUT2D eigenvalue weighted by molar-refractivity contribution is -0.145. The van der Waals surface area contributed by atoms with Crippen molar-refractivity contribution < 1.29 is 9.47 Å². The van der Waals surface area contributed by atoms with E-state index in [4.69, 9.17) is 9.47 Å². The molecule has 2 aliphatic rings. The number of piperidine rings is 1. The van der Waals surface area contributed by atoms with E-state index in [0.29, 0.717) is 0 Å². The first-order valence-electron chi connectivity index (χ1n) is 6.74. The molecule has 0 amide bonds. The minimum Gasteiger partial charge on any atom is -0.344 e. The normalized spacial score (nSPS) is 31.2. The Labute approximate surface area is 109 Å². The Morgan fingerprint density at radius 3 is 2.67 bits per heavy atom. The van der Waals surface area contributed by atoms with Gasteiger partial charge in [0.25, 0.3) is 0 Å². The van der Waals surface area contributed by atoms with Gasteiger partial charge in [0.2, 0.25) is 0 Å². The Hall–Kier alpha value is -0.900. The first-order chi connectivity index (χ1) is 8.62. The molecule has 18 heavy (non-hydrogen) atoms. The quantitative estimate of drug-likeness (QED) is 0.801. The number of likely N-dealkylation sites (tertiary alicyclic amines) is 1. The first kappa shape index (κ1) is 12.2. The molecule has 1 aromatic carbocycles. The minimum atomic E-state index is -0.405. The number of fused-ring (bicyclic) bond motifs is 1. The highest BCUT2D eigenvalue weighted by atomic mass is 16.8. The summed E-state index contributed by atoms with van der Waals surface area (Å²) in [6.45, 7) is 7.09. The molecule has 0 saturated carbocycles. The maximum atomic E-state index is 5.96. The SMILES string of the molecule is CC1(C)O[C@H]2CCN(Cc3ccccc3)C[C@H]2O1. The standard InChI is InChI=1S/C15H21NO2/c1-15(2)17-13-8-9-16(11-14(13)18-15)10-12-6-4-3-5-7-12/h3-7,13-14H,8-11H2,1-2H3/t13-,14+/m0/s1. The molecule has 3 heteroatoms. The van der Waals surface area contributed by atoms with Crippen LogP contribution in [0.5, 0.6) is 0 Å². The third kappa shape index (κ3) is 2.58. The average molecular weight is 247 g/mol. The third-order valence-electron chi connectivity index (χ3n) is 3.70. The Bertz CT molecular complexity index is 404. The topological polar surface area (TPSA) is 21.7 Å². The highest BCUT2D eigenvalue weighted by Gasteiger charge is 2.43. The highest BCUT2D eigenvalue weighted by Crippen LogP contribution is 2.33. The van der Waals surface area contributed by atoms with Gasteiger partial charge < -0.3 is 9.47 Å². The molecule has 0 aromatic heterocycles. The zero-order chi connectivity index (χ0) is 12.6. The van der Waals surface area contributed by atoms with E-state index in [-0.39, 0.29) is 12.2 Å². The van der Waals surface area contributed by atoms with Crippen LogP contribution in [0, 0.1) is 0 Å². The van der Waals surface area contributed by atoms with Crippen LogP contribution in [0.2, 0.25) is 0 Å². The van der Waals surface area contributed by atoms with Crippen molar-refractivity contribution in [1.29, 1.82) is 0 Å². The summed E-state index contributed by atoms with van der Waals surface area (Å²) in [6, 6.07) is 10.6. The largest absolute Gasteiger partial charge is 0.344 e. The lowest BCUT2D eigenvalue weighted by Gasteiger charge is -2.32. The molecule has 2 heterocycles. The second-order valence-corrected chi connectivity index (χ2v) is 5.72. The van der Waals surface area contributed by atoms with Crippen molar-refractivity contribution in [2.24, 2.45) is 0 Å². The van der Waals surface area contributed by atoms with Crippen LogP contribution in [0.15, 0.2) is 30.3 Å². The molecule has 0 N–H and O–H groups in total. The molecule has 0 spiro atoms. The van der Waals surface area contributed by atoms with E-state index in [1.807, 2.05) is 13.8 Å². The molecule has 0 aliphatic carbocycles. The van der Waals surface area contributed by atoms with E-state index < -0.39 is 5.79 Å². The van der Waals surface area contributed by atoms with Gasteiger partial charge in [0.05, 0.1) is 12.2 Å². The molecule has 0 bridgehead atoms. The van der Waals surface area contributed by atoms with Crippen LogP contribution in [-0.2, 0) is 16.0 Å². The Morgan fingerprint density at radius 2 is 1.89 bits per heavy atom. The number of ether oxygens (including phenoxy) is 2. The van der Waals surface area contributed by atoms with Crippen molar-refractivity contribution >= 4 is 0 Å². The van der Waals surface area contributed by atoms with Gasteiger partial charge in [-0.3, -0.25) is 4.90 Å². The van der Waals surface area contributed by atoms with Crippen molar-refractivity contribution in [2.45, 2.75) is 44.8 Å². The number of hydrogen-bond acceptors (Lipinski definition) is 3. The summed E-state index contributed by atoms with van der Waals surface area (Å²) in [5.74, 6) is -0.405. The van der Waals surface area contributed by atoms with E-state index >= 15 is 0 Å². The monoisotopic (exact) mass is 247 g/mol. The van der Waals surface area contributed by atoms with Crippen molar-refractivity contribution in [3.63, 3.8) is 0 Å². The lowest BCUT2D eigenvalue weighted by Crippen LogP contribution is -2.44. The van der Waals surface area contributed by atoms with Gasteiger partial charge in [-0.25, -0.2) is 0 Å². The first-order valence-corrected chi connectivity index (χ1v) is 6.74. The van der Waals surface area contributed by atoms with E-state index in [2.05, 4.69) is 35.2 Å². The highest BCUT2D eigenvalue weighted by molar-refractivity contribution is 5.14. The summed E-state index contributed by atoms with van der Waals surface area (Å²) >= 11 is 0. The summed E-state index contributed by atoms with van der Waals surface area (Å²) in [6.07, 6.45) is 1.59. The zero-order valence-electron chi connectivity index (χ0n) is 11.1. The van der Waals surface area contributed by atoms with Gasteiger partial charge in [0.15, 0.2) is 5.79 Å². The molecule has 0 radical (unpaired) electrons. The summed E-state index contributed by atoms with van der Waals surface area (Å²) in [7, 11) is 0. The second-order valence-electron chi connectivity index (χ2n) is 5.72. The fourth-order valence-corrected chi connectivity index (χ4v) is 2.95. The lowest BCUT2D eigenvalue weighted by atomic mass is 10.0. The van der Waals surface area contributed by atoms with Crippen molar-refractivity contribution in [3.8, 4) is 0 Å². The molecule has 2 atom stereocenters. The van der Waals surface area contributed by atoms with Gasteiger partial charge in [0, 0.05) is 19.6 Å². The summed E-state index contributed by atoms with van der Waals surface area (Å²) in [4.78, 5) is 2.46. The summed E-state index contributed by atoms with van der Waals surface area (Å²) in [5.41, 5.74) is 1.37. The van der Waals surface area contributed by atoms with Crippen molar-refractivity contribution in [1.82, 2.24) is 4.90 Å². The van der Waals surface area contributed by atoms with Gasteiger partial charge in [0.1, 0.15) is 0 Å². The fourth-order valence-electron chi connectivity index (χ4n) is 2.95. The number of benzene rings is 1. The van der Waals surface area contributed by atoms with Crippen LogP contribution in [0.3, 0.4) is 0 Å². The van der Waals surface area contributed by atoms with Gasteiger partial charge in [-0.05, 0) is 25.8 Å². The van der Waals surface area contributed by atoms with Crippen LogP contribution in [0.4, 0.5) is 0 Å². The molecule has 98 valence electrons. The predicted molar refractivity (Wildman–Crippen MR) is 70.2 cm³/mol. The van der Waals surface area contributed by atoms with Crippen LogP contribution >= 0.6 is 0 Å². The van der Waals surface area contributed by atoms with Crippen LogP contribution in [0.25, 0.3) is 0 Å². The molecular weight excluding hydrogens is 226 g/mol. The van der Waals surface area contributed by atoms with Crippen molar-refractivity contribution in [2.75, 3.05) is 13.1 Å². The van der Waals surface area contributed by atoms with Crippen LogP contribution in [0.1, 0.15) is 25.8 Å². The van der Waals surface area contributed by atoms with Gasteiger partial charge in [-0.15, -0.1) is 0 Å². The van der Waals surface area contributed by atoms with Crippen LogP contribution in [-0.4, -0.2) is 36.0 Å². The van der Waals surface area contributed by atoms with E-state index in [9.17, 15) is 0 Å². The summed E-state index contributed by atoms with van der Waals surface area (Å²) < 4.78 is 11.9. The molecule has 0 unspecified atom stereocenters. The second kappa shape index (κ2) is 4.65. The molecule has 2 aliphatic heterocycles. The molecule has 2 fully saturated rings. The average Bonchev–Trinajstić information content (AvgIpc) is 2.63. The molecule has 3 rings (SSSR count). The minimum absolute atomic E-state index is 0.234. The number of hydrogen-bond donors (Lipinski definition) is 0. The van der Waals surface area contributed by atoms with Crippen molar-refractivity contribution in [3.05, 3.63) is 35.9 Å². The van der Waals surface area contributed by atoms with E-state index in [0.717, 1.165) is 26.1 Å². The number of nitrogens with zero attached hydrogens (tertiary/aromatic N) is 1. The van der Waals surface area contributed by atoms with Gasteiger partial charge >= 0.3 is 0 Å². The van der Waals surface area contributed by atoms with Gasteiger partial charge in [-0.1, -0.05) is 30.3 Å². The maximum Gasteiger partial charge on any atom is 0.163 e. The van der Waals surface area contributed by atoms with Gasteiger partial charge in [-0.2, -0.15) is 0 Å². The smallest absolute Gasteiger partial charge is 0.163 e. The molecule has 3 nitrogen and oxygen atoms in total. The van der Waals surface area contributed by atoms with Crippen LogP contribution < -0.4 is 0 Å². The molecule has 1 aromatic rings. The Morgan fingerprint density at radius 1 is 1.17 bits per heavy atom. The maximum absolute atomic E-state index is 5.96. The number of rotatable bonds is 2. The van der Waals surface area contributed by atoms with E-state index in [1.165, 1.54) is 5.56 Å². The third-order valence-corrected chi connectivity index (χ3v) is 3.70. The fraction of sp³-hybridized carbons (Fsp3) is 0.600. The summed E-state index contributed by atoms with van der Waals surface area (Å²) in [5, 5.41) is 0. The molecule has 2 saturated heterocycles. The Kier molecular flexibility index (Phi) is 3.14. The predicted octanol–water partition coefficient (Wildman–Crippen LogP) is 2.41. The zero-order valence-corrected chi connectivity index (χ0v) is 11.1.